The van der Waals surface area contributed by atoms with Gasteiger partial charge in [-0.3, -0.25) is 9.59 Å². The highest BCUT2D eigenvalue weighted by atomic mass is 32.2. The molecule has 0 aliphatic carbocycles. The van der Waals surface area contributed by atoms with Crippen molar-refractivity contribution in [1.82, 2.24) is 4.72 Å². The van der Waals surface area contributed by atoms with Gasteiger partial charge in [0.15, 0.2) is 6.04 Å². The van der Waals surface area contributed by atoms with Gasteiger partial charge in [-0.05, 0) is 30.7 Å². The Morgan fingerprint density at radius 1 is 1.18 bits per heavy atom. The molecule has 0 radical (unpaired) electrons. The number of benzene rings is 1. The molecule has 1 aromatic carbocycles. The van der Waals surface area contributed by atoms with E-state index in [-0.39, 0.29) is 5.56 Å². The number of halogens is 3. The SMILES string of the molecule is Cc1cc(C(F)(F)F)ccc1S(=O)(=O)NC(C(N)=O)C(N)=O. The van der Waals surface area contributed by atoms with Crippen LogP contribution >= 0.6 is 0 Å². The monoisotopic (exact) mass is 339 g/mol. The summed E-state index contributed by atoms with van der Waals surface area (Å²) in [6.45, 7) is 1.13. The van der Waals surface area contributed by atoms with Crippen LogP contribution in [-0.4, -0.2) is 26.3 Å². The van der Waals surface area contributed by atoms with E-state index in [0.29, 0.717) is 18.2 Å². The van der Waals surface area contributed by atoms with Crippen LogP contribution in [-0.2, 0) is 25.8 Å². The fraction of sp³-hybridized carbons (Fsp3) is 0.273. The molecule has 0 spiro atoms. The quantitative estimate of drug-likeness (QED) is 0.631. The van der Waals surface area contributed by atoms with Crippen molar-refractivity contribution < 1.29 is 31.2 Å². The van der Waals surface area contributed by atoms with Crippen molar-refractivity contribution in [2.75, 3.05) is 0 Å². The number of amides is 2. The van der Waals surface area contributed by atoms with E-state index in [4.69, 9.17) is 11.5 Å². The Labute approximate surface area is 123 Å². The lowest BCUT2D eigenvalue weighted by molar-refractivity contribution is -0.137. The van der Waals surface area contributed by atoms with Crippen LogP contribution in [0.15, 0.2) is 23.1 Å². The topological polar surface area (TPSA) is 132 Å². The predicted octanol–water partition coefficient (Wildman–Crippen LogP) is -0.369. The molecule has 0 heterocycles. The Hall–Kier alpha value is -2.14. The largest absolute Gasteiger partial charge is 0.416 e. The molecule has 0 saturated carbocycles. The van der Waals surface area contributed by atoms with E-state index < -0.39 is 44.5 Å². The third-order valence-electron chi connectivity index (χ3n) is 2.63. The molecule has 1 aromatic rings. The maximum absolute atomic E-state index is 12.5. The summed E-state index contributed by atoms with van der Waals surface area (Å²) in [7, 11) is -4.46. The highest BCUT2D eigenvalue weighted by Gasteiger charge is 2.33. The smallest absolute Gasteiger partial charge is 0.368 e. The normalized spacial score (nSPS) is 12.4. The summed E-state index contributed by atoms with van der Waals surface area (Å²) in [4.78, 5) is 21.4. The van der Waals surface area contributed by atoms with E-state index in [0.717, 1.165) is 6.92 Å². The molecule has 22 heavy (non-hydrogen) atoms. The van der Waals surface area contributed by atoms with Crippen LogP contribution in [0.2, 0.25) is 0 Å². The van der Waals surface area contributed by atoms with Crippen LogP contribution in [0.1, 0.15) is 11.1 Å². The van der Waals surface area contributed by atoms with E-state index in [1.54, 1.807) is 4.72 Å². The standard InChI is InChI=1S/C11H12F3N3O4S/c1-5-4-6(11(12,13)14)2-3-7(5)22(20,21)17-8(9(15)18)10(16)19/h2-4,8,17H,1H3,(H2,15,18)(H2,16,19). The highest BCUT2D eigenvalue weighted by molar-refractivity contribution is 7.89. The molecule has 0 fully saturated rings. The molecule has 7 nitrogen and oxygen atoms in total. The summed E-state index contributed by atoms with van der Waals surface area (Å²) in [6.07, 6.45) is -4.64. The van der Waals surface area contributed by atoms with Crippen LogP contribution in [0.3, 0.4) is 0 Å². The molecule has 0 aliphatic rings. The Morgan fingerprint density at radius 3 is 2.05 bits per heavy atom. The number of aryl methyl sites for hydroxylation is 1. The van der Waals surface area contributed by atoms with Crippen LogP contribution in [0, 0.1) is 6.92 Å². The molecule has 0 aliphatic heterocycles. The summed E-state index contributed by atoms with van der Waals surface area (Å²) >= 11 is 0. The third kappa shape index (κ3) is 3.95. The summed E-state index contributed by atoms with van der Waals surface area (Å²) in [5, 5.41) is 0. The fourth-order valence-electron chi connectivity index (χ4n) is 1.60. The van der Waals surface area contributed by atoms with Gasteiger partial charge in [0.2, 0.25) is 21.8 Å². The van der Waals surface area contributed by atoms with Crippen LogP contribution in [0.5, 0.6) is 0 Å². The first-order valence-corrected chi connectivity index (χ1v) is 7.13. The number of sulfonamides is 1. The Morgan fingerprint density at radius 2 is 1.68 bits per heavy atom. The van der Waals surface area contributed by atoms with Crippen LogP contribution in [0.25, 0.3) is 0 Å². The van der Waals surface area contributed by atoms with E-state index in [2.05, 4.69) is 0 Å². The highest BCUT2D eigenvalue weighted by Crippen LogP contribution is 2.31. The minimum Gasteiger partial charge on any atom is -0.368 e. The fourth-order valence-corrected chi connectivity index (χ4v) is 3.00. The number of carbonyl (C=O) groups is 2. The molecule has 5 N–H and O–H groups in total. The summed E-state index contributed by atoms with van der Waals surface area (Å²) in [6, 6.07) is -0.116. The second-order valence-electron chi connectivity index (χ2n) is 4.34. The van der Waals surface area contributed by atoms with Gasteiger partial charge in [0.1, 0.15) is 0 Å². The Bertz CT molecular complexity index is 702. The predicted molar refractivity (Wildman–Crippen MR) is 68.7 cm³/mol. The van der Waals surface area contributed by atoms with Gasteiger partial charge < -0.3 is 11.5 Å². The number of primary amides is 2. The second kappa shape index (κ2) is 5.93. The van der Waals surface area contributed by atoms with Crippen molar-refractivity contribution in [3.05, 3.63) is 29.3 Å². The molecule has 0 atom stereocenters. The maximum Gasteiger partial charge on any atom is 0.416 e. The van der Waals surface area contributed by atoms with Gasteiger partial charge in [-0.15, -0.1) is 0 Å². The lowest BCUT2D eigenvalue weighted by Crippen LogP contribution is -2.52. The zero-order valence-corrected chi connectivity index (χ0v) is 12.0. The maximum atomic E-state index is 12.5. The van der Waals surface area contributed by atoms with Crippen molar-refractivity contribution in [3.8, 4) is 0 Å². The average molecular weight is 339 g/mol. The molecule has 1 rings (SSSR count). The van der Waals surface area contributed by atoms with Crippen LogP contribution < -0.4 is 16.2 Å². The Kier molecular flexibility index (Phi) is 4.82. The number of nitrogens with two attached hydrogens (primary N) is 2. The van der Waals surface area contributed by atoms with Gasteiger partial charge >= 0.3 is 6.18 Å². The van der Waals surface area contributed by atoms with Gasteiger partial charge in [0.25, 0.3) is 0 Å². The number of nitrogens with one attached hydrogen (secondary N) is 1. The molecule has 0 bridgehead atoms. The zero-order valence-electron chi connectivity index (χ0n) is 11.1. The summed E-state index contributed by atoms with van der Waals surface area (Å²) < 4.78 is 63.3. The molecular weight excluding hydrogens is 327 g/mol. The first-order chi connectivity index (χ1) is 9.86. The van der Waals surface area contributed by atoms with Gasteiger partial charge in [-0.2, -0.15) is 17.9 Å². The van der Waals surface area contributed by atoms with E-state index >= 15 is 0 Å². The zero-order chi connectivity index (χ0) is 17.3. The molecular formula is C11H12F3N3O4S. The van der Waals surface area contributed by atoms with E-state index in [1.165, 1.54) is 0 Å². The van der Waals surface area contributed by atoms with Crippen molar-refractivity contribution in [2.45, 2.75) is 24.0 Å². The number of rotatable bonds is 5. The number of hydrogen-bond acceptors (Lipinski definition) is 4. The lowest BCUT2D eigenvalue weighted by Gasteiger charge is -2.15. The molecule has 11 heteroatoms. The van der Waals surface area contributed by atoms with Crippen molar-refractivity contribution in [2.24, 2.45) is 11.5 Å². The van der Waals surface area contributed by atoms with Gasteiger partial charge in [0.05, 0.1) is 10.5 Å². The van der Waals surface area contributed by atoms with Crippen molar-refractivity contribution in [1.29, 1.82) is 0 Å². The summed E-state index contributed by atoms with van der Waals surface area (Å²) in [5.41, 5.74) is 8.39. The molecule has 0 saturated heterocycles. The second-order valence-corrected chi connectivity index (χ2v) is 6.02. The molecule has 122 valence electrons. The minimum absolute atomic E-state index is 0.227. The van der Waals surface area contributed by atoms with Crippen LogP contribution in [0.4, 0.5) is 13.2 Å². The first kappa shape index (κ1) is 17.9. The van der Waals surface area contributed by atoms with Gasteiger partial charge in [-0.1, -0.05) is 0 Å². The average Bonchev–Trinajstić information content (AvgIpc) is 2.33. The number of alkyl halides is 3. The number of carbonyl (C=O) groups excluding carboxylic acids is 2. The molecule has 0 aromatic heterocycles. The van der Waals surface area contributed by atoms with Crippen molar-refractivity contribution >= 4 is 21.8 Å². The van der Waals surface area contributed by atoms with Crippen molar-refractivity contribution in [3.63, 3.8) is 0 Å². The Balaban J connectivity index is 3.24. The van der Waals surface area contributed by atoms with Gasteiger partial charge in [0, 0.05) is 0 Å². The van der Waals surface area contributed by atoms with E-state index in [1.807, 2.05) is 0 Å². The van der Waals surface area contributed by atoms with Gasteiger partial charge in [-0.25, -0.2) is 8.42 Å². The summed E-state index contributed by atoms with van der Waals surface area (Å²) in [5.74, 6) is -2.67. The third-order valence-corrected chi connectivity index (χ3v) is 4.22. The van der Waals surface area contributed by atoms with E-state index in [9.17, 15) is 31.2 Å². The number of hydrogen-bond donors (Lipinski definition) is 3. The molecule has 2 amide bonds. The first-order valence-electron chi connectivity index (χ1n) is 5.65. The lowest BCUT2D eigenvalue weighted by atomic mass is 10.1. The molecule has 0 unspecified atom stereocenters. The minimum atomic E-state index is -4.64.